The van der Waals surface area contributed by atoms with Gasteiger partial charge in [0.2, 0.25) is 10.0 Å². The van der Waals surface area contributed by atoms with Crippen LogP contribution in [0.5, 0.6) is 0 Å². The summed E-state index contributed by atoms with van der Waals surface area (Å²) < 4.78 is 27.1. The van der Waals surface area contributed by atoms with Crippen LogP contribution < -0.4 is 4.31 Å². The van der Waals surface area contributed by atoms with Crippen LogP contribution in [0.1, 0.15) is 21.5 Å². The fourth-order valence-electron chi connectivity index (χ4n) is 3.50. The van der Waals surface area contributed by atoms with Gasteiger partial charge in [0.25, 0.3) is 0 Å². The molecule has 0 spiro atoms. The monoisotopic (exact) mass is 530 g/mol. The number of Topliss-reactive ketones (excluding diaryl/α,β-unsaturated/α-hetero) is 1. The second kappa shape index (κ2) is 11.6. The molecule has 0 fully saturated rings. The number of benzene rings is 3. The Kier molecular flexibility index (Phi) is 8.80. The van der Waals surface area contributed by atoms with Gasteiger partial charge in [-0.1, -0.05) is 66.7 Å². The summed E-state index contributed by atoms with van der Waals surface area (Å²) in [6.07, 6.45) is 1.15. The van der Waals surface area contributed by atoms with Crippen molar-refractivity contribution in [1.29, 1.82) is 0 Å². The number of carbonyl (C=O) groups is 1. The highest BCUT2D eigenvalue weighted by molar-refractivity contribution is 9.10. The topological polar surface area (TPSA) is 77.9 Å². The number of aliphatic hydroxyl groups excluding tert-OH is 1. The van der Waals surface area contributed by atoms with Crippen molar-refractivity contribution < 1.29 is 18.3 Å². The minimum absolute atomic E-state index is 0.0648. The highest BCUT2D eigenvalue weighted by Crippen LogP contribution is 2.31. The van der Waals surface area contributed by atoms with E-state index in [0.717, 1.165) is 17.4 Å². The third-order valence-electron chi connectivity index (χ3n) is 5.14. The number of hydrogen-bond acceptors (Lipinski definition) is 5. The van der Waals surface area contributed by atoms with E-state index in [1.54, 1.807) is 18.2 Å². The molecule has 8 heteroatoms. The Bertz CT molecular complexity index is 1170. The Labute approximate surface area is 203 Å². The van der Waals surface area contributed by atoms with Crippen molar-refractivity contribution >= 4 is 37.4 Å². The predicted octanol–water partition coefficient (Wildman–Crippen LogP) is 4.09. The molecule has 0 saturated carbocycles. The van der Waals surface area contributed by atoms with Crippen LogP contribution in [-0.2, 0) is 23.1 Å². The molecule has 3 aromatic rings. The van der Waals surface area contributed by atoms with E-state index < -0.39 is 10.0 Å². The molecule has 0 unspecified atom stereocenters. The van der Waals surface area contributed by atoms with E-state index in [2.05, 4.69) is 15.9 Å². The molecule has 0 amide bonds. The molecule has 0 saturated heterocycles. The molecule has 3 rings (SSSR count). The molecule has 0 aliphatic heterocycles. The lowest BCUT2D eigenvalue weighted by Gasteiger charge is -2.25. The van der Waals surface area contributed by atoms with E-state index in [-0.39, 0.29) is 25.5 Å². The molecule has 0 aliphatic carbocycles. The van der Waals surface area contributed by atoms with Crippen LogP contribution in [0.25, 0.3) is 0 Å². The maximum absolute atomic E-state index is 13.1. The number of rotatable bonds is 11. The first kappa shape index (κ1) is 25.1. The van der Waals surface area contributed by atoms with E-state index in [1.807, 2.05) is 65.6 Å². The highest BCUT2D eigenvalue weighted by atomic mass is 79.9. The van der Waals surface area contributed by atoms with E-state index in [1.165, 1.54) is 4.31 Å². The van der Waals surface area contributed by atoms with Crippen LogP contribution in [0.15, 0.2) is 83.3 Å². The van der Waals surface area contributed by atoms with Gasteiger partial charge in [-0.15, -0.1) is 0 Å². The van der Waals surface area contributed by atoms with Crippen LogP contribution in [0.3, 0.4) is 0 Å². The van der Waals surface area contributed by atoms with Crippen LogP contribution >= 0.6 is 15.9 Å². The molecule has 174 valence electrons. The van der Waals surface area contributed by atoms with Crippen molar-refractivity contribution in [3.05, 3.63) is 100 Å². The summed E-state index contributed by atoms with van der Waals surface area (Å²) in [6.45, 7) is 1.08. The summed E-state index contributed by atoms with van der Waals surface area (Å²) >= 11 is 3.45. The first-order valence-electron chi connectivity index (χ1n) is 10.5. The van der Waals surface area contributed by atoms with Gasteiger partial charge in [-0.25, -0.2) is 8.42 Å². The fourth-order valence-corrected chi connectivity index (χ4v) is 4.97. The molecule has 1 N–H and O–H groups in total. The molecule has 3 aromatic carbocycles. The van der Waals surface area contributed by atoms with Gasteiger partial charge in [0.15, 0.2) is 5.78 Å². The fraction of sp³-hybridized carbons (Fsp3) is 0.240. The molecular formula is C25H27BrN2O4S. The standard InChI is InChI=1S/C25H27BrN2O4S/c1-33(31,32)28(18-21-10-6-3-7-11-21)24-16-22(12-13-23(24)26)25(30)19-27(14-15-29)17-20-8-4-2-5-9-20/h2-13,16,29H,14-15,17-19H2,1H3. The third-order valence-corrected chi connectivity index (χ3v) is 6.94. The molecule has 0 bridgehead atoms. The van der Waals surface area contributed by atoms with Crippen LogP contribution in [0.4, 0.5) is 5.69 Å². The predicted molar refractivity (Wildman–Crippen MR) is 135 cm³/mol. The molecular weight excluding hydrogens is 504 g/mol. The van der Waals surface area contributed by atoms with Gasteiger partial charge in [-0.2, -0.15) is 0 Å². The first-order valence-corrected chi connectivity index (χ1v) is 13.1. The van der Waals surface area contributed by atoms with Gasteiger partial charge >= 0.3 is 0 Å². The molecule has 6 nitrogen and oxygen atoms in total. The second-order valence-electron chi connectivity index (χ2n) is 7.76. The zero-order valence-corrected chi connectivity index (χ0v) is 20.8. The Morgan fingerprint density at radius 3 is 2.03 bits per heavy atom. The Morgan fingerprint density at radius 2 is 1.48 bits per heavy atom. The lowest BCUT2D eigenvalue weighted by Crippen LogP contribution is -2.32. The minimum atomic E-state index is -3.60. The molecule has 0 aromatic heterocycles. The van der Waals surface area contributed by atoms with Crippen LogP contribution in [0, 0.1) is 0 Å². The molecule has 0 heterocycles. The van der Waals surface area contributed by atoms with Crippen LogP contribution in [0.2, 0.25) is 0 Å². The number of hydrogen-bond donors (Lipinski definition) is 1. The van der Waals surface area contributed by atoms with E-state index in [0.29, 0.717) is 28.8 Å². The number of aliphatic hydroxyl groups is 1. The van der Waals surface area contributed by atoms with Crippen LogP contribution in [-0.4, -0.2) is 50.2 Å². The molecule has 0 radical (unpaired) electrons. The Hall–Kier alpha value is -2.52. The number of sulfonamides is 1. The summed E-state index contributed by atoms with van der Waals surface area (Å²) in [6, 6.07) is 24.0. The second-order valence-corrected chi connectivity index (χ2v) is 10.5. The summed E-state index contributed by atoms with van der Waals surface area (Å²) in [4.78, 5) is 15.0. The summed E-state index contributed by atoms with van der Waals surface area (Å²) in [5.41, 5.74) is 2.69. The average Bonchev–Trinajstić information content (AvgIpc) is 2.79. The van der Waals surface area contributed by atoms with Gasteiger partial charge in [-0.05, 0) is 39.2 Å². The number of carbonyl (C=O) groups excluding carboxylic acids is 1. The molecule has 0 atom stereocenters. The van der Waals surface area contributed by atoms with Gasteiger partial charge < -0.3 is 5.11 Å². The van der Waals surface area contributed by atoms with E-state index >= 15 is 0 Å². The lowest BCUT2D eigenvalue weighted by atomic mass is 10.1. The van der Waals surface area contributed by atoms with Crippen molar-refractivity contribution in [2.45, 2.75) is 13.1 Å². The number of nitrogens with zero attached hydrogens (tertiary/aromatic N) is 2. The number of ketones is 1. The van der Waals surface area contributed by atoms with Gasteiger partial charge in [-0.3, -0.25) is 14.0 Å². The zero-order chi connectivity index (χ0) is 23.8. The largest absolute Gasteiger partial charge is 0.395 e. The Balaban J connectivity index is 1.85. The van der Waals surface area contributed by atoms with Crippen molar-refractivity contribution in [3.8, 4) is 0 Å². The Morgan fingerprint density at radius 1 is 0.909 bits per heavy atom. The van der Waals surface area contributed by atoms with Crippen molar-refractivity contribution in [1.82, 2.24) is 4.90 Å². The molecule has 33 heavy (non-hydrogen) atoms. The SMILES string of the molecule is CS(=O)(=O)N(Cc1ccccc1)c1cc(C(=O)CN(CCO)Cc2ccccc2)ccc1Br. The molecule has 0 aliphatic rings. The van der Waals surface area contributed by atoms with E-state index in [9.17, 15) is 18.3 Å². The normalized spacial score (nSPS) is 11.5. The third kappa shape index (κ3) is 7.23. The quantitative estimate of drug-likeness (QED) is 0.377. The van der Waals surface area contributed by atoms with E-state index in [4.69, 9.17) is 0 Å². The lowest BCUT2D eigenvalue weighted by molar-refractivity contribution is 0.0908. The van der Waals surface area contributed by atoms with Crippen molar-refractivity contribution in [3.63, 3.8) is 0 Å². The highest BCUT2D eigenvalue weighted by Gasteiger charge is 2.22. The first-order chi connectivity index (χ1) is 15.8. The maximum Gasteiger partial charge on any atom is 0.232 e. The number of anilines is 1. The summed E-state index contributed by atoms with van der Waals surface area (Å²) in [7, 11) is -3.60. The maximum atomic E-state index is 13.1. The van der Waals surface area contributed by atoms with Crippen molar-refractivity contribution in [2.24, 2.45) is 0 Å². The summed E-state index contributed by atoms with van der Waals surface area (Å²) in [5.74, 6) is -0.152. The van der Waals surface area contributed by atoms with Gasteiger partial charge in [0.1, 0.15) is 0 Å². The smallest absolute Gasteiger partial charge is 0.232 e. The van der Waals surface area contributed by atoms with Crippen molar-refractivity contribution in [2.75, 3.05) is 30.3 Å². The number of halogens is 1. The van der Waals surface area contributed by atoms with Gasteiger partial charge in [0.05, 0.1) is 31.6 Å². The zero-order valence-electron chi connectivity index (χ0n) is 18.4. The minimum Gasteiger partial charge on any atom is -0.395 e. The average molecular weight is 531 g/mol. The van der Waals surface area contributed by atoms with Gasteiger partial charge in [0, 0.05) is 23.1 Å². The summed E-state index contributed by atoms with van der Waals surface area (Å²) in [5, 5.41) is 9.45.